The van der Waals surface area contributed by atoms with Crippen molar-refractivity contribution in [1.82, 2.24) is 24.5 Å². The number of benzene rings is 2. The number of carbonyl (C=O) groups excluding carboxylic acids is 1. The number of nitrogens with zero attached hydrogens (tertiary/aromatic N) is 6. The smallest absolute Gasteiger partial charge is 0.260 e. The number of carbonyl (C=O) groups is 1. The third-order valence-corrected chi connectivity index (χ3v) is 6.32. The molecular weight excluding hydrogens is 454 g/mol. The second-order valence-electron chi connectivity index (χ2n) is 8.48. The van der Waals surface area contributed by atoms with Gasteiger partial charge in [0.2, 0.25) is 11.8 Å². The van der Waals surface area contributed by atoms with E-state index in [0.29, 0.717) is 36.3 Å². The van der Waals surface area contributed by atoms with E-state index in [1.165, 1.54) is 11.0 Å². The lowest BCUT2D eigenvalue weighted by Crippen LogP contribution is -2.55. The summed E-state index contributed by atoms with van der Waals surface area (Å²) >= 11 is 0. The van der Waals surface area contributed by atoms with Crippen LogP contribution in [-0.4, -0.2) is 56.1 Å². The number of para-hydroxylation sites is 1. The van der Waals surface area contributed by atoms with Gasteiger partial charge in [0.25, 0.3) is 5.91 Å². The molecule has 35 heavy (non-hydrogen) atoms. The number of hydrogen-bond acceptors (Lipinski definition) is 6. The molecule has 8 nitrogen and oxygen atoms in total. The summed E-state index contributed by atoms with van der Waals surface area (Å²) in [5, 5.41) is 9.63. The predicted octanol–water partition coefficient (Wildman–Crippen LogP) is 4.17. The molecule has 10 heteroatoms. The maximum atomic E-state index is 14.3. The number of halogens is 2. The minimum atomic E-state index is -0.866. The molecule has 1 saturated heterocycles. The molecule has 0 N–H and O–H groups in total. The Hall–Kier alpha value is -4.34. The van der Waals surface area contributed by atoms with Crippen molar-refractivity contribution >= 4 is 28.4 Å². The van der Waals surface area contributed by atoms with E-state index in [4.69, 9.17) is 9.40 Å². The van der Waals surface area contributed by atoms with Crippen molar-refractivity contribution in [3.8, 4) is 11.6 Å². The Labute approximate surface area is 198 Å². The molecule has 0 bridgehead atoms. The molecule has 1 unspecified atom stereocenters. The summed E-state index contributed by atoms with van der Waals surface area (Å²) in [6.45, 7) is 2.92. The number of piperazine rings is 1. The van der Waals surface area contributed by atoms with Gasteiger partial charge in [-0.1, -0.05) is 18.2 Å². The van der Waals surface area contributed by atoms with E-state index in [-0.39, 0.29) is 12.6 Å². The molecule has 0 saturated carbocycles. The fourth-order valence-electron chi connectivity index (χ4n) is 4.63. The number of hydrogen-bond donors (Lipinski definition) is 0. The fraction of sp³-hybridized carbons (Fsp3) is 0.200. The van der Waals surface area contributed by atoms with Gasteiger partial charge in [0, 0.05) is 31.1 Å². The first-order valence-corrected chi connectivity index (χ1v) is 11.2. The van der Waals surface area contributed by atoms with Crippen LogP contribution in [0.2, 0.25) is 0 Å². The highest BCUT2D eigenvalue weighted by Gasteiger charge is 2.33. The summed E-state index contributed by atoms with van der Waals surface area (Å²) in [4.78, 5) is 21.5. The number of furan rings is 1. The Kier molecular flexibility index (Phi) is 4.94. The molecule has 0 radical (unpaired) electrons. The standard InChI is InChI=1S/C25H20F2N6O2/c1-15-14-31(11-12-32(15)24(34)21-17(26)7-4-8-18(21)27)25-28-19-9-3-2-6-16(19)22-29-30-23(33(22)25)20-10-5-13-35-20/h2-10,13,15H,11-12,14H2,1H3. The first kappa shape index (κ1) is 21.2. The van der Waals surface area contributed by atoms with Crippen molar-refractivity contribution in [1.29, 1.82) is 0 Å². The average Bonchev–Trinajstić information content (AvgIpc) is 3.53. The number of fused-ring (bicyclic) bond motifs is 3. The molecule has 2 aromatic carbocycles. The van der Waals surface area contributed by atoms with Crippen molar-refractivity contribution in [3.63, 3.8) is 0 Å². The van der Waals surface area contributed by atoms with Crippen LogP contribution in [0, 0.1) is 11.6 Å². The van der Waals surface area contributed by atoms with Gasteiger partial charge < -0.3 is 14.2 Å². The maximum Gasteiger partial charge on any atom is 0.260 e. The van der Waals surface area contributed by atoms with Crippen molar-refractivity contribution in [3.05, 3.63) is 78.1 Å². The number of amides is 1. The highest BCUT2D eigenvalue weighted by atomic mass is 19.1. The first-order valence-electron chi connectivity index (χ1n) is 11.2. The van der Waals surface area contributed by atoms with Crippen LogP contribution in [0.4, 0.5) is 14.7 Å². The van der Waals surface area contributed by atoms with E-state index < -0.39 is 23.1 Å². The molecule has 1 aliphatic heterocycles. The summed E-state index contributed by atoms with van der Waals surface area (Å²) in [5.41, 5.74) is 0.863. The zero-order valence-corrected chi connectivity index (χ0v) is 18.7. The van der Waals surface area contributed by atoms with Gasteiger partial charge in [0.1, 0.15) is 17.2 Å². The lowest BCUT2D eigenvalue weighted by molar-refractivity contribution is 0.0663. The highest BCUT2D eigenvalue weighted by Crippen LogP contribution is 2.30. The van der Waals surface area contributed by atoms with Crippen molar-refractivity contribution < 1.29 is 18.0 Å². The summed E-state index contributed by atoms with van der Waals surface area (Å²) in [5.74, 6) is -0.730. The van der Waals surface area contributed by atoms with Crippen LogP contribution >= 0.6 is 0 Å². The van der Waals surface area contributed by atoms with Gasteiger partial charge in [-0.3, -0.25) is 4.79 Å². The zero-order valence-electron chi connectivity index (χ0n) is 18.7. The van der Waals surface area contributed by atoms with Gasteiger partial charge in [-0.15, -0.1) is 10.2 Å². The molecule has 1 aliphatic rings. The maximum absolute atomic E-state index is 14.3. The Morgan fingerprint density at radius 3 is 2.54 bits per heavy atom. The van der Waals surface area contributed by atoms with Crippen LogP contribution in [0.5, 0.6) is 0 Å². The van der Waals surface area contributed by atoms with Crippen molar-refractivity contribution in [2.45, 2.75) is 13.0 Å². The van der Waals surface area contributed by atoms with Crippen LogP contribution < -0.4 is 4.90 Å². The Balaban J connectivity index is 1.40. The average molecular weight is 474 g/mol. The minimum Gasteiger partial charge on any atom is -0.461 e. The third-order valence-electron chi connectivity index (χ3n) is 6.32. The van der Waals surface area contributed by atoms with Crippen molar-refractivity contribution in [2.24, 2.45) is 0 Å². The Bertz CT molecular complexity index is 1550. The molecule has 1 atom stereocenters. The molecule has 1 fully saturated rings. The van der Waals surface area contributed by atoms with E-state index in [9.17, 15) is 13.6 Å². The zero-order chi connectivity index (χ0) is 24.1. The number of aromatic nitrogens is 4. The Morgan fingerprint density at radius 1 is 1.00 bits per heavy atom. The molecule has 6 rings (SSSR count). The first-order chi connectivity index (χ1) is 17.0. The molecule has 0 aliphatic carbocycles. The van der Waals surface area contributed by atoms with Gasteiger partial charge >= 0.3 is 0 Å². The summed E-state index contributed by atoms with van der Waals surface area (Å²) in [7, 11) is 0. The van der Waals surface area contributed by atoms with E-state index in [1.54, 1.807) is 18.4 Å². The molecule has 176 valence electrons. The minimum absolute atomic E-state index is 0.266. The van der Waals surface area contributed by atoms with Gasteiger partial charge in [-0.25, -0.2) is 18.2 Å². The van der Waals surface area contributed by atoms with Crippen molar-refractivity contribution in [2.75, 3.05) is 24.5 Å². The van der Waals surface area contributed by atoms with Crippen LogP contribution in [0.1, 0.15) is 17.3 Å². The predicted molar refractivity (Wildman–Crippen MR) is 125 cm³/mol. The monoisotopic (exact) mass is 474 g/mol. The fourth-order valence-corrected chi connectivity index (χ4v) is 4.63. The second kappa shape index (κ2) is 8.15. The summed E-state index contributed by atoms with van der Waals surface area (Å²) < 4.78 is 36.0. The van der Waals surface area contributed by atoms with Gasteiger partial charge in [-0.05, 0) is 43.3 Å². The normalized spacial score (nSPS) is 16.4. The van der Waals surface area contributed by atoms with Crippen LogP contribution in [0.15, 0.2) is 65.3 Å². The number of rotatable bonds is 3. The SMILES string of the molecule is CC1CN(c2nc3ccccc3c3nnc(-c4ccco4)n23)CCN1C(=O)c1c(F)cccc1F. The van der Waals surface area contributed by atoms with E-state index in [0.717, 1.165) is 23.0 Å². The van der Waals surface area contributed by atoms with E-state index in [1.807, 2.05) is 40.5 Å². The van der Waals surface area contributed by atoms with E-state index in [2.05, 4.69) is 10.2 Å². The molecule has 0 spiro atoms. The Morgan fingerprint density at radius 2 is 1.80 bits per heavy atom. The largest absolute Gasteiger partial charge is 0.461 e. The number of anilines is 1. The quantitative estimate of drug-likeness (QED) is 0.391. The van der Waals surface area contributed by atoms with Gasteiger partial charge in [0.05, 0.1) is 11.8 Å². The molecule has 5 aromatic rings. The van der Waals surface area contributed by atoms with Gasteiger partial charge in [-0.2, -0.15) is 0 Å². The summed E-state index contributed by atoms with van der Waals surface area (Å²) in [6.07, 6.45) is 1.57. The van der Waals surface area contributed by atoms with E-state index >= 15 is 0 Å². The molecule has 4 heterocycles. The van der Waals surface area contributed by atoms with Crippen LogP contribution in [-0.2, 0) is 0 Å². The second-order valence-corrected chi connectivity index (χ2v) is 8.48. The molecule has 1 amide bonds. The molecule has 3 aromatic heterocycles. The van der Waals surface area contributed by atoms with Gasteiger partial charge in [0.15, 0.2) is 11.4 Å². The summed E-state index contributed by atoms with van der Waals surface area (Å²) in [6, 6.07) is 14.3. The third kappa shape index (κ3) is 3.40. The highest BCUT2D eigenvalue weighted by molar-refractivity contribution is 5.95. The lowest BCUT2D eigenvalue weighted by Gasteiger charge is -2.40. The van der Waals surface area contributed by atoms with Crippen LogP contribution in [0.3, 0.4) is 0 Å². The topological polar surface area (TPSA) is 79.8 Å². The van der Waals surface area contributed by atoms with Crippen LogP contribution in [0.25, 0.3) is 28.1 Å². The lowest BCUT2D eigenvalue weighted by atomic mass is 10.1. The molecular formula is C25H20F2N6O2.